The number of hydrogen-bond donors (Lipinski definition) is 0. The maximum absolute atomic E-state index is 10.4. The second-order valence-corrected chi connectivity index (χ2v) is 2.67. The fraction of sp³-hybridized carbons (Fsp3) is 0.800. The summed E-state index contributed by atoms with van der Waals surface area (Å²) < 4.78 is 0. The first-order valence-electron chi connectivity index (χ1n) is 2.38. The van der Waals surface area contributed by atoms with Gasteiger partial charge in [0.05, 0.1) is 5.88 Å². The maximum Gasteiger partial charge on any atom is 0.148 e. The number of rotatable bonds is 4. The molecule has 0 aromatic rings. The van der Waals surface area contributed by atoms with E-state index in [4.69, 9.17) is 11.6 Å². The Balaban J connectivity index is 2.99. The van der Waals surface area contributed by atoms with Gasteiger partial charge in [0, 0.05) is 6.42 Å². The van der Waals surface area contributed by atoms with Crippen molar-refractivity contribution < 1.29 is 4.79 Å². The van der Waals surface area contributed by atoms with E-state index in [0.717, 1.165) is 5.75 Å². The van der Waals surface area contributed by atoms with E-state index in [1.165, 1.54) is 0 Å². The lowest BCUT2D eigenvalue weighted by atomic mass is 10.3. The van der Waals surface area contributed by atoms with E-state index in [9.17, 15) is 4.79 Å². The Morgan fingerprint density at radius 1 is 1.75 bits per heavy atom. The van der Waals surface area contributed by atoms with Crippen molar-refractivity contribution in [1.29, 1.82) is 0 Å². The molecular formula is C5H9ClOS. The Hall–Kier alpha value is 0.310. The Kier molecular flexibility index (Phi) is 5.66. The minimum Gasteiger partial charge on any atom is -0.298 e. The highest BCUT2D eigenvalue weighted by molar-refractivity contribution is 7.98. The topological polar surface area (TPSA) is 17.1 Å². The molecule has 1 nitrogen and oxygen atoms in total. The van der Waals surface area contributed by atoms with Crippen LogP contribution in [0.4, 0.5) is 0 Å². The van der Waals surface area contributed by atoms with Crippen molar-refractivity contribution >= 4 is 29.1 Å². The smallest absolute Gasteiger partial charge is 0.148 e. The van der Waals surface area contributed by atoms with Crippen LogP contribution in [0.1, 0.15) is 6.42 Å². The highest BCUT2D eigenvalue weighted by Crippen LogP contribution is 1.96. The third-order valence-electron chi connectivity index (χ3n) is 0.734. The molecule has 0 rings (SSSR count). The number of halogens is 1. The highest BCUT2D eigenvalue weighted by atomic mass is 35.5. The first-order chi connectivity index (χ1) is 3.81. The van der Waals surface area contributed by atoms with Gasteiger partial charge < -0.3 is 0 Å². The van der Waals surface area contributed by atoms with Crippen LogP contribution in [0.25, 0.3) is 0 Å². The quantitative estimate of drug-likeness (QED) is 0.569. The monoisotopic (exact) mass is 152 g/mol. The molecule has 0 atom stereocenters. The first kappa shape index (κ1) is 8.31. The van der Waals surface area contributed by atoms with Crippen LogP contribution in [0.5, 0.6) is 0 Å². The summed E-state index contributed by atoms with van der Waals surface area (Å²) in [5.74, 6) is 1.20. The van der Waals surface area contributed by atoms with Crippen molar-refractivity contribution in [2.45, 2.75) is 6.42 Å². The summed E-state index contributed by atoms with van der Waals surface area (Å²) in [5, 5.41) is 0. The van der Waals surface area contributed by atoms with Crippen LogP contribution in [0.15, 0.2) is 0 Å². The third-order valence-corrected chi connectivity index (χ3v) is 1.64. The van der Waals surface area contributed by atoms with Crippen molar-refractivity contribution in [3.8, 4) is 0 Å². The van der Waals surface area contributed by atoms with Gasteiger partial charge in [-0.2, -0.15) is 11.8 Å². The Morgan fingerprint density at radius 2 is 2.38 bits per heavy atom. The predicted molar refractivity (Wildman–Crippen MR) is 38.7 cm³/mol. The molecule has 48 valence electrons. The van der Waals surface area contributed by atoms with Gasteiger partial charge in [-0.05, 0) is 12.0 Å². The normalized spacial score (nSPS) is 9.25. The average Bonchev–Trinajstić information content (AvgIpc) is 1.83. The summed E-state index contributed by atoms with van der Waals surface area (Å²) in [7, 11) is 0. The van der Waals surface area contributed by atoms with Crippen molar-refractivity contribution in [2.24, 2.45) is 0 Å². The zero-order valence-corrected chi connectivity index (χ0v) is 6.39. The molecule has 8 heavy (non-hydrogen) atoms. The second-order valence-electron chi connectivity index (χ2n) is 1.42. The zero-order chi connectivity index (χ0) is 6.41. The van der Waals surface area contributed by atoms with Gasteiger partial charge in [0.15, 0.2) is 0 Å². The fourth-order valence-corrected chi connectivity index (χ4v) is 0.848. The molecule has 0 aromatic heterocycles. The van der Waals surface area contributed by atoms with Crippen LogP contribution < -0.4 is 0 Å². The van der Waals surface area contributed by atoms with Gasteiger partial charge >= 0.3 is 0 Å². The molecule has 0 aliphatic carbocycles. The molecule has 0 heterocycles. The zero-order valence-electron chi connectivity index (χ0n) is 4.82. The molecule has 0 saturated heterocycles. The molecule has 0 N–H and O–H groups in total. The van der Waals surface area contributed by atoms with Gasteiger partial charge in [0.25, 0.3) is 0 Å². The van der Waals surface area contributed by atoms with Crippen molar-refractivity contribution in [3.63, 3.8) is 0 Å². The van der Waals surface area contributed by atoms with E-state index < -0.39 is 0 Å². The molecule has 0 unspecified atom stereocenters. The van der Waals surface area contributed by atoms with Crippen LogP contribution in [0, 0.1) is 0 Å². The number of Topliss-reactive ketones (excluding diaryl/α,β-unsaturated/α-hetero) is 1. The van der Waals surface area contributed by atoms with Crippen LogP contribution >= 0.6 is 23.4 Å². The lowest BCUT2D eigenvalue weighted by Crippen LogP contribution is -1.99. The highest BCUT2D eigenvalue weighted by Gasteiger charge is 1.95. The molecule has 0 radical (unpaired) electrons. The van der Waals surface area contributed by atoms with Crippen molar-refractivity contribution in [2.75, 3.05) is 17.9 Å². The van der Waals surface area contributed by atoms with Gasteiger partial charge in [-0.1, -0.05) is 0 Å². The summed E-state index contributed by atoms with van der Waals surface area (Å²) in [6.07, 6.45) is 2.59. The molecule has 0 aliphatic rings. The fourth-order valence-electron chi connectivity index (χ4n) is 0.283. The van der Waals surface area contributed by atoms with E-state index in [1.807, 2.05) is 6.26 Å². The molecule has 0 amide bonds. The van der Waals surface area contributed by atoms with Gasteiger partial charge in [0.1, 0.15) is 5.78 Å². The Labute approximate surface area is 58.8 Å². The first-order valence-corrected chi connectivity index (χ1v) is 4.30. The largest absolute Gasteiger partial charge is 0.298 e. The SMILES string of the molecule is CSCCC(=O)CCl. The number of thioether (sulfide) groups is 1. The van der Waals surface area contributed by atoms with Crippen molar-refractivity contribution in [1.82, 2.24) is 0 Å². The van der Waals surface area contributed by atoms with Gasteiger partial charge in [-0.3, -0.25) is 4.79 Å². The predicted octanol–water partition coefficient (Wildman–Crippen LogP) is 1.55. The van der Waals surface area contributed by atoms with E-state index in [2.05, 4.69) is 0 Å². The van der Waals surface area contributed by atoms with Crippen molar-refractivity contribution in [3.05, 3.63) is 0 Å². The molecule has 3 heteroatoms. The lowest BCUT2D eigenvalue weighted by molar-refractivity contribution is -0.116. The van der Waals surface area contributed by atoms with Gasteiger partial charge in [-0.25, -0.2) is 0 Å². The number of hydrogen-bond acceptors (Lipinski definition) is 2. The minimum atomic E-state index is 0.140. The van der Waals surface area contributed by atoms with E-state index in [0.29, 0.717) is 6.42 Å². The summed E-state index contributed by atoms with van der Waals surface area (Å²) in [5.41, 5.74) is 0. The number of carbonyl (C=O) groups excluding carboxylic acids is 1. The van der Waals surface area contributed by atoms with E-state index in [-0.39, 0.29) is 11.7 Å². The molecular weight excluding hydrogens is 144 g/mol. The molecule has 0 saturated carbocycles. The van der Waals surface area contributed by atoms with Gasteiger partial charge in [-0.15, -0.1) is 11.6 Å². The molecule has 0 aromatic carbocycles. The standard InChI is InChI=1S/C5H9ClOS/c1-8-3-2-5(7)4-6/h2-4H2,1H3. The van der Waals surface area contributed by atoms with E-state index >= 15 is 0 Å². The summed E-state index contributed by atoms with van der Waals surface area (Å²) in [6, 6.07) is 0. The summed E-state index contributed by atoms with van der Waals surface area (Å²) in [4.78, 5) is 10.4. The van der Waals surface area contributed by atoms with Crippen LogP contribution in [0.3, 0.4) is 0 Å². The number of alkyl halides is 1. The summed E-state index contributed by atoms with van der Waals surface area (Å²) in [6.45, 7) is 0. The van der Waals surface area contributed by atoms with Gasteiger partial charge in [0.2, 0.25) is 0 Å². The van der Waals surface area contributed by atoms with E-state index in [1.54, 1.807) is 11.8 Å². The molecule has 0 bridgehead atoms. The number of carbonyl (C=O) groups is 1. The lowest BCUT2D eigenvalue weighted by Gasteiger charge is -1.90. The molecule has 0 spiro atoms. The van der Waals surface area contributed by atoms with Crippen LogP contribution in [-0.4, -0.2) is 23.7 Å². The summed E-state index contributed by atoms with van der Waals surface area (Å²) >= 11 is 6.89. The second kappa shape index (κ2) is 5.45. The molecule has 0 fully saturated rings. The van der Waals surface area contributed by atoms with Crippen LogP contribution in [0.2, 0.25) is 0 Å². The minimum absolute atomic E-state index is 0.140. The Bertz CT molecular complexity index is 74.8. The molecule has 0 aliphatic heterocycles. The number of ketones is 1. The maximum atomic E-state index is 10.4. The van der Waals surface area contributed by atoms with Crippen LogP contribution in [-0.2, 0) is 4.79 Å². The third kappa shape index (κ3) is 4.47. The average molecular weight is 153 g/mol. The Morgan fingerprint density at radius 3 is 2.75 bits per heavy atom.